The van der Waals surface area contributed by atoms with Crippen molar-refractivity contribution in [1.82, 2.24) is 9.29 Å². The molecule has 0 bridgehead atoms. The first-order valence-electron chi connectivity index (χ1n) is 10.3. The molecule has 0 fully saturated rings. The molecule has 33 heavy (non-hydrogen) atoms. The Kier molecular flexibility index (Phi) is 8.31. The molecule has 2 atom stereocenters. The Morgan fingerprint density at radius 3 is 1.79 bits per heavy atom. The first-order chi connectivity index (χ1) is 15.7. The Morgan fingerprint density at radius 1 is 0.909 bits per heavy atom. The lowest BCUT2D eigenvalue weighted by molar-refractivity contribution is 0.167. The molecule has 3 rings (SSSR count). The van der Waals surface area contributed by atoms with Gasteiger partial charge in [0, 0.05) is 19.3 Å². The third-order valence-electron chi connectivity index (χ3n) is 5.36. The zero-order valence-electron chi connectivity index (χ0n) is 18.7. The van der Waals surface area contributed by atoms with Crippen LogP contribution in [0.1, 0.15) is 29.8 Å². The molecule has 176 valence electrons. The smallest absolute Gasteiger partial charge is 0.220 e. The lowest BCUT2D eigenvalue weighted by Gasteiger charge is -2.28. The maximum atomic E-state index is 13.6. The number of aliphatic hydroxyl groups excluding tert-OH is 1. The van der Waals surface area contributed by atoms with Crippen molar-refractivity contribution < 1.29 is 23.0 Å². The first-order valence-corrected chi connectivity index (χ1v) is 12.2. The summed E-state index contributed by atoms with van der Waals surface area (Å²) in [6, 6.07) is 17.5. The summed E-state index contributed by atoms with van der Waals surface area (Å²) in [5.41, 5.74) is 1.82. The van der Waals surface area contributed by atoms with E-state index < -0.39 is 21.4 Å². The van der Waals surface area contributed by atoms with Crippen molar-refractivity contribution in [3.05, 3.63) is 88.7 Å². The van der Waals surface area contributed by atoms with Crippen molar-refractivity contribution in [2.45, 2.75) is 31.4 Å². The van der Waals surface area contributed by atoms with Crippen molar-refractivity contribution in [2.75, 3.05) is 14.2 Å². The summed E-state index contributed by atoms with van der Waals surface area (Å²) in [5.74, 6) is 1.36. The predicted molar refractivity (Wildman–Crippen MR) is 128 cm³/mol. The van der Waals surface area contributed by atoms with Gasteiger partial charge in [0.05, 0.1) is 24.9 Å². The van der Waals surface area contributed by atoms with Crippen molar-refractivity contribution in [3.8, 4) is 11.5 Å². The van der Waals surface area contributed by atoms with Gasteiger partial charge in [-0.1, -0.05) is 35.9 Å². The van der Waals surface area contributed by atoms with E-state index in [4.69, 9.17) is 21.1 Å². The predicted octanol–water partition coefficient (Wildman–Crippen LogP) is 4.21. The Balaban J connectivity index is 1.91. The third-order valence-corrected chi connectivity index (χ3v) is 7.76. The number of aromatic nitrogens is 1. The molecular weight excluding hydrogens is 464 g/mol. The number of rotatable bonds is 10. The van der Waals surface area contributed by atoms with Gasteiger partial charge in [0.15, 0.2) is 0 Å². The molecule has 2 aromatic carbocycles. The highest BCUT2D eigenvalue weighted by atomic mass is 35.5. The zero-order chi connectivity index (χ0) is 24.0. The summed E-state index contributed by atoms with van der Waals surface area (Å²) in [5, 5.41) is 10.1. The summed E-state index contributed by atoms with van der Waals surface area (Å²) in [7, 11) is -0.793. The number of aliphatic hydroxyl groups is 1. The molecule has 0 aliphatic carbocycles. The SMILES string of the molecule is COc1ccc(CN(Cc2ccc(OC)cc2)S(=O)(=O)[C@H](C)[C@H](O)c2ccc(Cl)cn2)cc1. The summed E-state index contributed by atoms with van der Waals surface area (Å²) in [6.07, 6.45) is 0.0628. The minimum Gasteiger partial charge on any atom is -0.497 e. The monoisotopic (exact) mass is 490 g/mol. The zero-order valence-corrected chi connectivity index (χ0v) is 20.3. The average Bonchev–Trinajstić information content (AvgIpc) is 2.84. The highest BCUT2D eigenvalue weighted by molar-refractivity contribution is 7.89. The van der Waals surface area contributed by atoms with Crippen LogP contribution in [-0.2, 0) is 23.1 Å². The number of sulfonamides is 1. The molecule has 0 saturated carbocycles. The quantitative estimate of drug-likeness (QED) is 0.458. The summed E-state index contributed by atoms with van der Waals surface area (Å²) < 4.78 is 39.0. The maximum Gasteiger partial charge on any atom is 0.220 e. The molecule has 1 N–H and O–H groups in total. The molecule has 9 heteroatoms. The minimum atomic E-state index is -3.94. The van der Waals surface area contributed by atoms with Crippen LogP contribution in [0.4, 0.5) is 0 Å². The number of hydrogen-bond donors (Lipinski definition) is 1. The van der Waals surface area contributed by atoms with Gasteiger partial charge in [0.1, 0.15) is 22.9 Å². The van der Waals surface area contributed by atoms with Crippen LogP contribution >= 0.6 is 11.6 Å². The van der Waals surface area contributed by atoms with Gasteiger partial charge in [-0.2, -0.15) is 4.31 Å². The van der Waals surface area contributed by atoms with E-state index >= 15 is 0 Å². The average molecular weight is 491 g/mol. The molecule has 0 unspecified atom stereocenters. The molecule has 0 saturated heterocycles. The number of pyridine rings is 1. The van der Waals surface area contributed by atoms with Gasteiger partial charge in [0.2, 0.25) is 10.0 Å². The van der Waals surface area contributed by atoms with Crippen LogP contribution in [0.3, 0.4) is 0 Å². The van der Waals surface area contributed by atoms with E-state index in [0.29, 0.717) is 16.5 Å². The van der Waals surface area contributed by atoms with Crippen molar-refractivity contribution in [3.63, 3.8) is 0 Å². The first kappa shape index (κ1) is 25.0. The fourth-order valence-electron chi connectivity index (χ4n) is 3.31. The highest BCUT2D eigenvalue weighted by Crippen LogP contribution is 2.27. The lowest BCUT2D eigenvalue weighted by Crippen LogP contribution is -2.39. The van der Waals surface area contributed by atoms with Gasteiger partial charge < -0.3 is 14.6 Å². The molecule has 0 amide bonds. The van der Waals surface area contributed by atoms with Crippen molar-refractivity contribution in [1.29, 1.82) is 0 Å². The molecule has 1 aromatic heterocycles. The van der Waals surface area contributed by atoms with Gasteiger partial charge in [0.25, 0.3) is 0 Å². The van der Waals surface area contributed by atoms with Crippen LogP contribution < -0.4 is 9.47 Å². The summed E-state index contributed by atoms with van der Waals surface area (Å²) in [4.78, 5) is 4.09. The number of hydrogen-bond acceptors (Lipinski definition) is 6. The van der Waals surface area contributed by atoms with Gasteiger partial charge in [-0.25, -0.2) is 8.42 Å². The van der Waals surface area contributed by atoms with Gasteiger partial charge >= 0.3 is 0 Å². The van der Waals surface area contributed by atoms with E-state index in [0.717, 1.165) is 11.1 Å². The largest absolute Gasteiger partial charge is 0.497 e. The topological polar surface area (TPSA) is 89.0 Å². The second kappa shape index (κ2) is 11.0. The molecule has 3 aromatic rings. The molecule has 7 nitrogen and oxygen atoms in total. The van der Waals surface area contributed by atoms with Crippen LogP contribution in [-0.4, -0.2) is 42.3 Å². The van der Waals surface area contributed by atoms with Crippen LogP contribution in [0.5, 0.6) is 11.5 Å². The van der Waals surface area contributed by atoms with E-state index in [1.807, 2.05) is 24.3 Å². The number of halogens is 1. The fourth-order valence-corrected chi connectivity index (χ4v) is 5.01. The molecular formula is C24H27ClN2O5S. The van der Waals surface area contributed by atoms with Crippen LogP contribution in [0.25, 0.3) is 0 Å². The number of benzene rings is 2. The molecule has 0 aliphatic heterocycles. The van der Waals surface area contributed by atoms with Crippen LogP contribution in [0.15, 0.2) is 66.9 Å². The lowest BCUT2D eigenvalue weighted by atomic mass is 10.2. The molecule has 0 radical (unpaired) electrons. The van der Waals surface area contributed by atoms with Gasteiger partial charge in [-0.05, 0) is 54.4 Å². The number of ether oxygens (including phenoxy) is 2. The second-order valence-electron chi connectivity index (χ2n) is 7.56. The van der Waals surface area contributed by atoms with E-state index in [9.17, 15) is 13.5 Å². The molecule has 0 aliphatic rings. The van der Waals surface area contributed by atoms with Crippen molar-refractivity contribution >= 4 is 21.6 Å². The Bertz CT molecular complexity index is 1090. The van der Waals surface area contributed by atoms with Crippen molar-refractivity contribution in [2.24, 2.45) is 0 Å². The van der Waals surface area contributed by atoms with E-state index in [1.54, 1.807) is 44.6 Å². The number of methoxy groups -OCH3 is 2. The van der Waals surface area contributed by atoms with Crippen LogP contribution in [0.2, 0.25) is 5.02 Å². The Labute approximate surface area is 199 Å². The molecule has 1 heterocycles. The third kappa shape index (κ3) is 6.23. The standard InChI is InChI=1S/C24H27ClN2O5S/c1-17(24(28)23-13-8-20(25)14-26-23)33(29,30)27(15-18-4-9-21(31-2)10-5-18)16-19-6-11-22(32-3)12-7-19/h4-14,17,24,28H,15-16H2,1-3H3/t17-,24+/m1/s1. The van der Waals surface area contributed by atoms with Gasteiger partial charge in [-0.3, -0.25) is 4.98 Å². The fraction of sp³-hybridized carbons (Fsp3) is 0.292. The van der Waals surface area contributed by atoms with E-state index in [-0.39, 0.29) is 18.8 Å². The van der Waals surface area contributed by atoms with E-state index in [2.05, 4.69) is 4.98 Å². The minimum absolute atomic E-state index is 0.128. The summed E-state index contributed by atoms with van der Waals surface area (Å²) in [6.45, 7) is 1.73. The maximum absolute atomic E-state index is 13.6. The van der Waals surface area contributed by atoms with Gasteiger partial charge in [-0.15, -0.1) is 0 Å². The molecule has 0 spiro atoms. The summed E-state index contributed by atoms with van der Waals surface area (Å²) >= 11 is 5.87. The van der Waals surface area contributed by atoms with E-state index in [1.165, 1.54) is 23.5 Å². The highest BCUT2D eigenvalue weighted by Gasteiger charge is 2.35. The Morgan fingerprint density at radius 2 is 1.39 bits per heavy atom. The number of nitrogens with zero attached hydrogens (tertiary/aromatic N) is 2. The normalized spacial score (nSPS) is 13.5. The van der Waals surface area contributed by atoms with Crippen LogP contribution in [0, 0.1) is 0 Å². The second-order valence-corrected chi connectivity index (χ2v) is 10.3. The Hall–Kier alpha value is -2.65.